The van der Waals surface area contributed by atoms with Gasteiger partial charge in [-0.1, -0.05) is 6.42 Å². The predicted molar refractivity (Wildman–Crippen MR) is 76.4 cm³/mol. The Morgan fingerprint density at radius 3 is 2.50 bits per heavy atom. The zero-order chi connectivity index (χ0) is 14.7. The van der Waals surface area contributed by atoms with Crippen LogP contribution < -0.4 is 0 Å². The highest BCUT2D eigenvalue weighted by molar-refractivity contribution is 5.80. The van der Waals surface area contributed by atoms with Crippen molar-refractivity contribution in [3.63, 3.8) is 0 Å². The Balaban J connectivity index is 2.00. The largest absolute Gasteiger partial charge is 0.481 e. The van der Waals surface area contributed by atoms with E-state index in [0.717, 1.165) is 45.3 Å². The molecule has 1 aliphatic heterocycles. The van der Waals surface area contributed by atoms with Crippen LogP contribution in [0.1, 0.15) is 39.0 Å². The standard InChI is InChI=1S/C15H26N2O3/c1-11-10-16(2)7-4-8-17(11)14(18)12-5-3-6-13(9-12)15(19)20/h11-13H,3-10H2,1-2H3,(H,19,20). The first-order chi connectivity index (χ1) is 9.49. The normalized spacial score (nSPS) is 32.7. The lowest BCUT2D eigenvalue weighted by Crippen LogP contribution is -2.46. The maximum absolute atomic E-state index is 12.7. The number of carbonyl (C=O) groups excluding carboxylic acids is 1. The van der Waals surface area contributed by atoms with Gasteiger partial charge in [-0.2, -0.15) is 0 Å². The van der Waals surface area contributed by atoms with Gasteiger partial charge in [0.25, 0.3) is 0 Å². The molecule has 0 aromatic carbocycles. The summed E-state index contributed by atoms with van der Waals surface area (Å²) in [5.74, 6) is -0.983. The Kier molecular flexibility index (Phi) is 5.02. The van der Waals surface area contributed by atoms with Gasteiger partial charge < -0.3 is 14.9 Å². The summed E-state index contributed by atoms with van der Waals surface area (Å²) in [6, 6.07) is 0.222. The predicted octanol–water partition coefficient (Wildman–Crippen LogP) is 1.43. The van der Waals surface area contributed by atoms with Gasteiger partial charge >= 0.3 is 5.97 Å². The van der Waals surface area contributed by atoms with Crippen LogP contribution in [0.2, 0.25) is 0 Å². The van der Waals surface area contributed by atoms with Crippen LogP contribution in [-0.4, -0.2) is 59.5 Å². The van der Waals surface area contributed by atoms with Crippen LogP contribution in [0.4, 0.5) is 0 Å². The smallest absolute Gasteiger partial charge is 0.306 e. The Hall–Kier alpha value is -1.10. The molecule has 5 nitrogen and oxygen atoms in total. The SMILES string of the molecule is CC1CN(C)CCCN1C(=O)C1CCCC(C(=O)O)C1. The van der Waals surface area contributed by atoms with Crippen molar-refractivity contribution in [1.29, 1.82) is 0 Å². The molecule has 0 aromatic rings. The first-order valence-corrected chi connectivity index (χ1v) is 7.71. The van der Waals surface area contributed by atoms with Crippen molar-refractivity contribution >= 4 is 11.9 Å². The second-order valence-electron chi connectivity index (χ2n) is 6.40. The molecule has 2 aliphatic rings. The molecule has 0 spiro atoms. The van der Waals surface area contributed by atoms with Gasteiger partial charge in [0.05, 0.1) is 5.92 Å². The lowest BCUT2D eigenvalue weighted by Gasteiger charge is -2.34. The molecule has 114 valence electrons. The maximum Gasteiger partial charge on any atom is 0.306 e. The molecule has 5 heteroatoms. The van der Waals surface area contributed by atoms with E-state index in [2.05, 4.69) is 18.9 Å². The molecule has 0 radical (unpaired) electrons. The summed E-state index contributed by atoms with van der Waals surface area (Å²) in [5, 5.41) is 9.15. The van der Waals surface area contributed by atoms with Crippen LogP contribution in [0.3, 0.4) is 0 Å². The number of amides is 1. The summed E-state index contributed by atoms with van der Waals surface area (Å²) in [6.45, 7) is 4.83. The van der Waals surface area contributed by atoms with Gasteiger partial charge in [0.15, 0.2) is 0 Å². The minimum absolute atomic E-state index is 0.0873. The second-order valence-corrected chi connectivity index (χ2v) is 6.40. The molecule has 2 rings (SSSR count). The van der Waals surface area contributed by atoms with Crippen molar-refractivity contribution in [2.24, 2.45) is 11.8 Å². The number of carbonyl (C=O) groups is 2. The molecule has 1 N–H and O–H groups in total. The highest BCUT2D eigenvalue weighted by Crippen LogP contribution is 2.31. The third-order valence-electron chi connectivity index (χ3n) is 4.70. The zero-order valence-electron chi connectivity index (χ0n) is 12.5. The number of hydrogen-bond acceptors (Lipinski definition) is 3. The van der Waals surface area contributed by atoms with Gasteiger partial charge in [-0.05, 0) is 46.2 Å². The molecular weight excluding hydrogens is 256 g/mol. The van der Waals surface area contributed by atoms with Gasteiger partial charge in [0.2, 0.25) is 5.91 Å². The average molecular weight is 282 g/mol. The number of nitrogens with zero attached hydrogens (tertiary/aromatic N) is 2. The minimum Gasteiger partial charge on any atom is -0.481 e. The molecule has 20 heavy (non-hydrogen) atoms. The molecule has 0 bridgehead atoms. The van der Waals surface area contributed by atoms with Crippen LogP contribution >= 0.6 is 0 Å². The molecule has 1 heterocycles. The van der Waals surface area contributed by atoms with E-state index in [1.165, 1.54) is 0 Å². The Bertz CT molecular complexity index is 372. The van der Waals surface area contributed by atoms with Crippen LogP contribution in [0.25, 0.3) is 0 Å². The molecule has 1 saturated heterocycles. The number of hydrogen-bond donors (Lipinski definition) is 1. The maximum atomic E-state index is 12.7. The third-order valence-corrected chi connectivity index (χ3v) is 4.70. The summed E-state index contributed by atoms with van der Waals surface area (Å²) in [6.07, 6.45) is 3.95. The zero-order valence-corrected chi connectivity index (χ0v) is 12.5. The van der Waals surface area contributed by atoms with Gasteiger partial charge in [-0.25, -0.2) is 0 Å². The van der Waals surface area contributed by atoms with Crippen LogP contribution in [-0.2, 0) is 9.59 Å². The number of carboxylic acids is 1. The molecule has 1 aliphatic carbocycles. The molecule has 2 fully saturated rings. The summed E-state index contributed by atoms with van der Waals surface area (Å²) in [7, 11) is 2.09. The van der Waals surface area contributed by atoms with Gasteiger partial charge in [-0.3, -0.25) is 9.59 Å². The van der Waals surface area contributed by atoms with Crippen LogP contribution in [0.15, 0.2) is 0 Å². The van der Waals surface area contributed by atoms with E-state index >= 15 is 0 Å². The van der Waals surface area contributed by atoms with E-state index < -0.39 is 5.97 Å². The Morgan fingerprint density at radius 1 is 1.10 bits per heavy atom. The second kappa shape index (κ2) is 6.57. The van der Waals surface area contributed by atoms with Gasteiger partial charge in [0.1, 0.15) is 0 Å². The Morgan fingerprint density at radius 2 is 1.80 bits per heavy atom. The molecule has 0 aromatic heterocycles. The van der Waals surface area contributed by atoms with Gasteiger partial charge in [0, 0.05) is 25.0 Å². The lowest BCUT2D eigenvalue weighted by atomic mass is 9.80. The van der Waals surface area contributed by atoms with Crippen molar-refractivity contribution in [3.05, 3.63) is 0 Å². The fourth-order valence-corrected chi connectivity index (χ4v) is 3.57. The molecule has 3 unspecified atom stereocenters. The highest BCUT2D eigenvalue weighted by atomic mass is 16.4. The summed E-state index contributed by atoms with van der Waals surface area (Å²) in [4.78, 5) is 28.1. The molecule has 3 atom stereocenters. The summed E-state index contributed by atoms with van der Waals surface area (Å²) >= 11 is 0. The van der Waals surface area contributed by atoms with Gasteiger partial charge in [-0.15, -0.1) is 0 Å². The number of rotatable bonds is 2. The average Bonchev–Trinajstić information content (AvgIpc) is 2.58. The van der Waals surface area contributed by atoms with Crippen LogP contribution in [0.5, 0.6) is 0 Å². The van der Waals surface area contributed by atoms with E-state index in [9.17, 15) is 9.59 Å². The van der Waals surface area contributed by atoms with Crippen molar-refractivity contribution in [1.82, 2.24) is 9.80 Å². The summed E-state index contributed by atoms with van der Waals surface area (Å²) in [5.41, 5.74) is 0. The highest BCUT2D eigenvalue weighted by Gasteiger charge is 2.35. The van der Waals surface area contributed by atoms with E-state index in [1.807, 2.05) is 4.90 Å². The molecule has 1 amide bonds. The quantitative estimate of drug-likeness (QED) is 0.832. The topological polar surface area (TPSA) is 60.9 Å². The minimum atomic E-state index is -0.744. The van der Waals surface area contributed by atoms with E-state index in [4.69, 9.17) is 5.11 Å². The number of carboxylic acid groups (broad SMARTS) is 1. The fraction of sp³-hybridized carbons (Fsp3) is 0.867. The fourth-order valence-electron chi connectivity index (χ4n) is 3.57. The van der Waals surface area contributed by atoms with Crippen molar-refractivity contribution < 1.29 is 14.7 Å². The van der Waals surface area contributed by atoms with Crippen molar-refractivity contribution in [3.8, 4) is 0 Å². The molecule has 1 saturated carbocycles. The van der Waals surface area contributed by atoms with E-state index in [-0.39, 0.29) is 23.8 Å². The first kappa shape index (κ1) is 15.3. The first-order valence-electron chi connectivity index (χ1n) is 7.71. The van der Waals surface area contributed by atoms with E-state index in [0.29, 0.717) is 6.42 Å². The molecular formula is C15H26N2O3. The van der Waals surface area contributed by atoms with Crippen molar-refractivity contribution in [2.75, 3.05) is 26.7 Å². The summed E-state index contributed by atoms with van der Waals surface area (Å²) < 4.78 is 0. The number of aliphatic carboxylic acids is 1. The number of likely N-dealkylation sites (N-methyl/N-ethyl adjacent to an activating group) is 1. The van der Waals surface area contributed by atoms with Crippen LogP contribution in [0, 0.1) is 11.8 Å². The van der Waals surface area contributed by atoms with E-state index in [1.54, 1.807) is 0 Å². The monoisotopic (exact) mass is 282 g/mol. The Labute approximate surface area is 120 Å². The van der Waals surface area contributed by atoms with Crippen molar-refractivity contribution in [2.45, 2.75) is 45.1 Å². The third kappa shape index (κ3) is 3.51. The lowest BCUT2D eigenvalue weighted by molar-refractivity contribution is -0.146.